The van der Waals surface area contributed by atoms with Gasteiger partial charge in [-0.05, 0) is 62.6 Å². The molecule has 2 nitrogen and oxygen atoms in total. The number of hydrogen-bond donors (Lipinski definition) is 0. The Morgan fingerprint density at radius 3 is 2.48 bits per heavy atom. The standard InChI is InChI=1S/C21H30N2/c1-2-8-16(9-3-1)21-18-14-17(19-10-5-7-13-23(19)21)15-22-12-6-4-11-20(18)22/h1-3,8-9,17-21H,4-7,10-15H2/t17-,18+,19-,20+,21?/m0/s1. The van der Waals surface area contributed by atoms with Crippen LogP contribution in [0.1, 0.15) is 56.6 Å². The van der Waals surface area contributed by atoms with Gasteiger partial charge in [0.05, 0.1) is 0 Å². The van der Waals surface area contributed by atoms with Gasteiger partial charge in [0.15, 0.2) is 0 Å². The largest absolute Gasteiger partial charge is 0.300 e. The first-order valence-corrected chi connectivity index (χ1v) is 9.96. The van der Waals surface area contributed by atoms with Crippen LogP contribution < -0.4 is 0 Å². The molecule has 124 valence electrons. The molecule has 5 rings (SSSR count). The Balaban J connectivity index is 1.55. The Labute approximate surface area is 140 Å². The van der Waals surface area contributed by atoms with Crippen molar-refractivity contribution in [3.8, 4) is 0 Å². The van der Waals surface area contributed by atoms with E-state index in [-0.39, 0.29) is 0 Å². The third kappa shape index (κ3) is 2.37. The van der Waals surface area contributed by atoms with Crippen molar-refractivity contribution in [2.24, 2.45) is 11.8 Å². The molecule has 0 aromatic heterocycles. The Kier molecular flexibility index (Phi) is 3.71. The maximum atomic E-state index is 2.95. The molecule has 0 spiro atoms. The van der Waals surface area contributed by atoms with Crippen LogP contribution >= 0.6 is 0 Å². The molecule has 4 aliphatic rings. The second-order valence-electron chi connectivity index (χ2n) is 8.37. The van der Waals surface area contributed by atoms with E-state index in [2.05, 4.69) is 40.1 Å². The molecule has 1 unspecified atom stereocenters. The molecule has 5 atom stereocenters. The maximum Gasteiger partial charge on any atom is 0.0394 e. The minimum absolute atomic E-state index is 0.684. The van der Waals surface area contributed by atoms with Crippen molar-refractivity contribution >= 4 is 0 Å². The summed E-state index contributed by atoms with van der Waals surface area (Å²) in [7, 11) is 0. The van der Waals surface area contributed by atoms with E-state index in [1.165, 1.54) is 64.6 Å². The average molecular weight is 310 g/mol. The summed E-state index contributed by atoms with van der Waals surface area (Å²) in [5, 5.41) is 0. The molecule has 4 heterocycles. The molecule has 4 saturated heterocycles. The highest BCUT2D eigenvalue weighted by Crippen LogP contribution is 2.51. The quantitative estimate of drug-likeness (QED) is 0.771. The molecule has 4 fully saturated rings. The topological polar surface area (TPSA) is 6.48 Å². The van der Waals surface area contributed by atoms with Gasteiger partial charge in [-0.3, -0.25) is 9.80 Å². The van der Waals surface area contributed by atoms with Crippen molar-refractivity contribution < 1.29 is 0 Å². The normalized spacial score (nSPS) is 41.1. The molecule has 4 aliphatic heterocycles. The zero-order valence-electron chi connectivity index (χ0n) is 14.2. The smallest absolute Gasteiger partial charge is 0.0394 e. The van der Waals surface area contributed by atoms with E-state index in [0.29, 0.717) is 6.04 Å². The first-order valence-electron chi connectivity index (χ1n) is 9.96. The number of benzene rings is 1. The highest BCUT2D eigenvalue weighted by molar-refractivity contribution is 5.23. The van der Waals surface area contributed by atoms with Crippen LogP contribution in [0.2, 0.25) is 0 Å². The van der Waals surface area contributed by atoms with Gasteiger partial charge < -0.3 is 0 Å². The predicted molar refractivity (Wildman–Crippen MR) is 94.3 cm³/mol. The highest BCUT2D eigenvalue weighted by Gasteiger charge is 2.51. The molecule has 2 bridgehead atoms. The van der Waals surface area contributed by atoms with Crippen LogP contribution in [0.15, 0.2) is 30.3 Å². The monoisotopic (exact) mass is 310 g/mol. The molecule has 0 saturated carbocycles. The van der Waals surface area contributed by atoms with E-state index in [1.54, 1.807) is 5.56 Å². The van der Waals surface area contributed by atoms with Crippen LogP contribution in [0.3, 0.4) is 0 Å². The minimum atomic E-state index is 0.684. The van der Waals surface area contributed by atoms with Crippen molar-refractivity contribution in [1.29, 1.82) is 0 Å². The van der Waals surface area contributed by atoms with Crippen LogP contribution in [0.25, 0.3) is 0 Å². The Morgan fingerprint density at radius 2 is 1.61 bits per heavy atom. The summed E-state index contributed by atoms with van der Waals surface area (Å²) in [6, 6.07) is 13.9. The third-order valence-electron chi connectivity index (χ3n) is 7.24. The van der Waals surface area contributed by atoms with Crippen molar-refractivity contribution in [1.82, 2.24) is 9.80 Å². The molecule has 0 aliphatic carbocycles. The lowest BCUT2D eigenvalue weighted by molar-refractivity contribution is -0.109. The van der Waals surface area contributed by atoms with Gasteiger partial charge in [-0.2, -0.15) is 0 Å². The third-order valence-corrected chi connectivity index (χ3v) is 7.24. The van der Waals surface area contributed by atoms with Crippen molar-refractivity contribution in [2.75, 3.05) is 19.6 Å². The Bertz CT molecular complexity index is 540. The lowest BCUT2D eigenvalue weighted by Crippen LogP contribution is -2.64. The first-order chi connectivity index (χ1) is 11.4. The fourth-order valence-corrected chi connectivity index (χ4v) is 6.39. The van der Waals surface area contributed by atoms with Crippen molar-refractivity contribution in [3.05, 3.63) is 35.9 Å². The molecule has 2 heteroatoms. The van der Waals surface area contributed by atoms with Crippen LogP contribution in [0.4, 0.5) is 0 Å². The van der Waals surface area contributed by atoms with Crippen molar-refractivity contribution in [2.45, 2.75) is 63.1 Å². The highest BCUT2D eigenvalue weighted by atomic mass is 15.3. The van der Waals surface area contributed by atoms with Crippen LogP contribution in [0.5, 0.6) is 0 Å². The molecule has 0 radical (unpaired) electrons. The summed E-state index contributed by atoms with van der Waals surface area (Å²) in [6.45, 7) is 4.10. The number of hydrogen-bond acceptors (Lipinski definition) is 2. The number of nitrogens with zero attached hydrogens (tertiary/aromatic N) is 2. The summed E-state index contributed by atoms with van der Waals surface area (Å²) in [5.74, 6) is 1.81. The van der Waals surface area contributed by atoms with Gasteiger partial charge in [-0.25, -0.2) is 0 Å². The SMILES string of the molecule is c1ccc(C2[C@@H]3C[C@@H](CN4CCCC[C@H]34)[C@@H]3CCCCN23)cc1. The zero-order chi connectivity index (χ0) is 15.2. The summed E-state index contributed by atoms with van der Waals surface area (Å²) in [4.78, 5) is 5.84. The molecule has 23 heavy (non-hydrogen) atoms. The second-order valence-corrected chi connectivity index (χ2v) is 8.37. The summed E-state index contributed by atoms with van der Waals surface area (Å²) in [5.41, 5.74) is 1.59. The molecule has 1 aromatic rings. The van der Waals surface area contributed by atoms with Gasteiger partial charge in [0.2, 0.25) is 0 Å². The Morgan fingerprint density at radius 1 is 0.826 bits per heavy atom. The molecule has 0 amide bonds. The second kappa shape index (κ2) is 5.89. The maximum absolute atomic E-state index is 2.95. The number of piperidine rings is 4. The summed E-state index contributed by atoms with van der Waals surface area (Å²) >= 11 is 0. The van der Waals surface area contributed by atoms with E-state index in [0.717, 1.165) is 23.9 Å². The van der Waals surface area contributed by atoms with E-state index in [4.69, 9.17) is 0 Å². The Hall–Kier alpha value is -0.860. The molecule has 1 aromatic carbocycles. The van der Waals surface area contributed by atoms with Crippen LogP contribution in [0, 0.1) is 11.8 Å². The fraction of sp³-hybridized carbons (Fsp3) is 0.714. The van der Waals surface area contributed by atoms with Gasteiger partial charge in [0.25, 0.3) is 0 Å². The van der Waals surface area contributed by atoms with Crippen LogP contribution in [-0.2, 0) is 0 Å². The van der Waals surface area contributed by atoms with E-state index in [9.17, 15) is 0 Å². The number of fused-ring (bicyclic) bond motifs is 6. The van der Waals surface area contributed by atoms with Gasteiger partial charge in [-0.15, -0.1) is 0 Å². The van der Waals surface area contributed by atoms with Crippen molar-refractivity contribution in [3.63, 3.8) is 0 Å². The summed E-state index contributed by atoms with van der Waals surface area (Å²) < 4.78 is 0. The number of rotatable bonds is 1. The van der Waals surface area contributed by atoms with E-state index >= 15 is 0 Å². The lowest BCUT2D eigenvalue weighted by atomic mass is 9.66. The molecular weight excluding hydrogens is 280 g/mol. The fourth-order valence-electron chi connectivity index (χ4n) is 6.39. The van der Waals surface area contributed by atoms with E-state index in [1.807, 2.05) is 0 Å². The lowest BCUT2D eigenvalue weighted by Gasteiger charge is -2.60. The van der Waals surface area contributed by atoms with Gasteiger partial charge in [-0.1, -0.05) is 43.2 Å². The molecule has 0 N–H and O–H groups in total. The predicted octanol–water partition coefficient (Wildman–Crippen LogP) is 4.09. The zero-order valence-corrected chi connectivity index (χ0v) is 14.2. The first kappa shape index (κ1) is 14.5. The average Bonchev–Trinajstić information content (AvgIpc) is 2.63. The van der Waals surface area contributed by atoms with E-state index < -0.39 is 0 Å². The molecular formula is C21H30N2. The minimum Gasteiger partial charge on any atom is -0.300 e. The van der Waals surface area contributed by atoms with Crippen LogP contribution in [-0.4, -0.2) is 41.5 Å². The summed E-state index contributed by atoms with van der Waals surface area (Å²) in [6.07, 6.45) is 10.1. The van der Waals surface area contributed by atoms with Gasteiger partial charge in [0.1, 0.15) is 0 Å². The van der Waals surface area contributed by atoms with Gasteiger partial charge in [0, 0.05) is 24.7 Å². The van der Waals surface area contributed by atoms with Gasteiger partial charge >= 0.3 is 0 Å².